The smallest absolute Gasteiger partial charge is 0.306 e. The summed E-state index contributed by atoms with van der Waals surface area (Å²) < 4.78 is 5.09. The molecule has 1 rings (SSSR count). The SMILES string of the molecule is CC(CCc1ccc(Cl)o1)C(=O)O. The van der Waals surface area contributed by atoms with Crippen LogP contribution >= 0.6 is 11.6 Å². The Morgan fingerprint density at radius 3 is 2.85 bits per heavy atom. The van der Waals surface area contributed by atoms with Crippen molar-refractivity contribution in [2.75, 3.05) is 0 Å². The molecule has 72 valence electrons. The minimum Gasteiger partial charge on any atom is -0.481 e. The monoisotopic (exact) mass is 202 g/mol. The van der Waals surface area contributed by atoms with Crippen molar-refractivity contribution in [1.29, 1.82) is 0 Å². The van der Waals surface area contributed by atoms with Gasteiger partial charge in [-0.25, -0.2) is 0 Å². The standard InChI is InChI=1S/C9H11ClO3/c1-6(9(11)12)2-3-7-4-5-8(10)13-7/h4-6H,2-3H2,1H3,(H,11,12). The van der Waals surface area contributed by atoms with Crippen LogP contribution in [-0.2, 0) is 11.2 Å². The number of furan rings is 1. The van der Waals surface area contributed by atoms with Crippen molar-refractivity contribution in [2.45, 2.75) is 19.8 Å². The van der Waals surface area contributed by atoms with Gasteiger partial charge in [-0.3, -0.25) is 4.79 Å². The highest BCUT2D eigenvalue weighted by Crippen LogP contribution is 2.16. The zero-order valence-corrected chi connectivity index (χ0v) is 8.04. The largest absolute Gasteiger partial charge is 0.481 e. The van der Waals surface area contributed by atoms with Crippen LogP contribution in [0.4, 0.5) is 0 Å². The molecule has 1 atom stereocenters. The zero-order chi connectivity index (χ0) is 9.84. The topological polar surface area (TPSA) is 50.4 Å². The third kappa shape index (κ3) is 3.11. The van der Waals surface area contributed by atoms with E-state index in [0.717, 1.165) is 5.76 Å². The minimum absolute atomic E-state index is 0.344. The first-order chi connectivity index (χ1) is 6.09. The molecule has 0 radical (unpaired) electrons. The predicted octanol–water partition coefficient (Wildman–Crippen LogP) is 2.59. The number of hydrogen-bond acceptors (Lipinski definition) is 2. The van der Waals surface area contributed by atoms with E-state index in [-0.39, 0.29) is 5.92 Å². The molecule has 3 nitrogen and oxygen atoms in total. The van der Waals surface area contributed by atoms with Crippen LogP contribution in [0, 0.1) is 5.92 Å². The van der Waals surface area contributed by atoms with Gasteiger partial charge in [-0.05, 0) is 30.2 Å². The summed E-state index contributed by atoms with van der Waals surface area (Å²) >= 11 is 5.56. The zero-order valence-electron chi connectivity index (χ0n) is 7.29. The number of carbonyl (C=O) groups is 1. The van der Waals surface area contributed by atoms with Gasteiger partial charge < -0.3 is 9.52 Å². The third-order valence-corrected chi connectivity index (χ3v) is 2.08. The van der Waals surface area contributed by atoms with Gasteiger partial charge in [0.25, 0.3) is 0 Å². The lowest BCUT2D eigenvalue weighted by molar-refractivity contribution is -0.141. The van der Waals surface area contributed by atoms with Gasteiger partial charge in [0.1, 0.15) is 5.76 Å². The second-order valence-corrected chi connectivity index (χ2v) is 3.36. The maximum absolute atomic E-state index is 10.5. The van der Waals surface area contributed by atoms with Crippen molar-refractivity contribution in [2.24, 2.45) is 5.92 Å². The van der Waals surface area contributed by atoms with Gasteiger partial charge in [-0.15, -0.1) is 0 Å². The lowest BCUT2D eigenvalue weighted by atomic mass is 10.1. The van der Waals surface area contributed by atoms with Crippen molar-refractivity contribution in [3.05, 3.63) is 23.1 Å². The first-order valence-corrected chi connectivity index (χ1v) is 4.44. The lowest BCUT2D eigenvalue weighted by Crippen LogP contribution is -2.09. The number of aliphatic carboxylic acids is 1. The molecule has 0 aliphatic heterocycles. The summed E-state index contributed by atoms with van der Waals surface area (Å²) in [4.78, 5) is 10.5. The second-order valence-electron chi connectivity index (χ2n) is 2.98. The molecule has 1 N–H and O–H groups in total. The van der Waals surface area contributed by atoms with Gasteiger partial charge in [0.15, 0.2) is 5.22 Å². The molecule has 0 aromatic carbocycles. The Hall–Kier alpha value is -0.960. The van der Waals surface area contributed by atoms with Crippen LogP contribution in [0.5, 0.6) is 0 Å². The summed E-state index contributed by atoms with van der Waals surface area (Å²) in [5.74, 6) is -0.389. The average molecular weight is 203 g/mol. The van der Waals surface area contributed by atoms with Crippen LogP contribution in [0.2, 0.25) is 5.22 Å². The number of carboxylic acid groups (broad SMARTS) is 1. The van der Waals surface area contributed by atoms with Crippen LogP contribution in [0.1, 0.15) is 19.1 Å². The molecule has 0 saturated heterocycles. The van der Waals surface area contributed by atoms with E-state index < -0.39 is 5.97 Å². The van der Waals surface area contributed by atoms with Crippen LogP contribution < -0.4 is 0 Å². The molecule has 13 heavy (non-hydrogen) atoms. The summed E-state index contributed by atoms with van der Waals surface area (Å²) in [5, 5.41) is 8.95. The average Bonchev–Trinajstić information content (AvgIpc) is 2.47. The van der Waals surface area contributed by atoms with Crippen LogP contribution in [0.3, 0.4) is 0 Å². The Morgan fingerprint density at radius 1 is 1.69 bits per heavy atom. The summed E-state index contributed by atoms with van der Waals surface area (Å²) in [6.07, 6.45) is 1.18. The predicted molar refractivity (Wildman–Crippen MR) is 48.8 cm³/mol. The van der Waals surface area contributed by atoms with Gasteiger partial charge in [-0.2, -0.15) is 0 Å². The molecule has 1 unspecified atom stereocenters. The Labute approximate surface area is 81.3 Å². The van der Waals surface area contributed by atoms with Crippen molar-refractivity contribution in [3.63, 3.8) is 0 Å². The maximum Gasteiger partial charge on any atom is 0.306 e. The van der Waals surface area contributed by atoms with Gasteiger partial charge in [0, 0.05) is 6.42 Å². The van der Waals surface area contributed by atoms with Crippen LogP contribution in [0.15, 0.2) is 16.5 Å². The molecule has 0 aliphatic carbocycles. The van der Waals surface area contributed by atoms with Crippen molar-refractivity contribution >= 4 is 17.6 Å². The van der Waals surface area contributed by atoms with Gasteiger partial charge >= 0.3 is 5.97 Å². The molecule has 1 heterocycles. The third-order valence-electron chi connectivity index (χ3n) is 1.87. The quantitative estimate of drug-likeness (QED) is 0.817. The van der Waals surface area contributed by atoms with E-state index in [1.54, 1.807) is 19.1 Å². The van der Waals surface area contributed by atoms with Gasteiger partial charge in [0.2, 0.25) is 0 Å². The van der Waals surface area contributed by atoms with Crippen molar-refractivity contribution in [1.82, 2.24) is 0 Å². The highest BCUT2D eigenvalue weighted by atomic mass is 35.5. The molecule has 0 bridgehead atoms. The molecule has 0 fully saturated rings. The molecule has 0 aliphatic rings. The van der Waals surface area contributed by atoms with E-state index >= 15 is 0 Å². The first-order valence-electron chi connectivity index (χ1n) is 4.06. The number of halogens is 1. The van der Waals surface area contributed by atoms with E-state index in [0.29, 0.717) is 18.1 Å². The van der Waals surface area contributed by atoms with Gasteiger partial charge in [-0.1, -0.05) is 6.92 Å². The van der Waals surface area contributed by atoms with Crippen LogP contribution in [-0.4, -0.2) is 11.1 Å². The molecule has 4 heteroatoms. The molecule has 1 aromatic rings. The number of aryl methyl sites for hydroxylation is 1. The number of hydrogen-bond donors (Lipinski definition) is 1. The van der Waals surface area contributed by atoms with Crippen molar-refractivity contribution in [3.8, 4) is 0 Å². The fraction of sp³-hybridized carbons (Fsp3) is 0.444. The number of rotatable bonds is 4. The molecule has 0 amide bonds. The molecule has 0 spiro atoms. The lowest BCUT2D eigenvalue weighted by Gasteiger charge is -2.02. The normalized spacial score (nSPS) is 12.8. The van der Waals surface area contributed by atoms with Crippen molar-refractivity contribution < 1.29 is 14.3 Å². The fourth-order valence-electron chi connectivity index (χ4n) is 0.968. The second kappa shape index (κ2) is 4.33. The summed E-state index contributed by atoms with van der Waals surface area (Å²) in [7, 11) is 0. The maximum atomic E-state index is 10.5. The van der Waals surface area contributed by atoms with E-state index in [4.69, 9.17) is 21.1 Å². The van der Waals surface area contributed by atoms with E-state index in [1.807, 2.05) is 0 Å². The van der Waals surface area contributed by atoms with Gasteiger partial charge in [0.05, 0.1) is 5.92 Å². The van der Waals surface area contributed by atoms with Crippen LogP contribution in [0.25, 0.3) is 0 Å². The highest BCUT2D eigenvalue weighted by Gasteiger charge is 2.11. The Morgan fingerprint density at radius 2 is 2.38 bits per heavy atom. The molecule has 1 aromatic heterocycles. The summed E-state index contributed by atoms with van der Waals surface area (Å²) in [6, 6.07) is 3.42. The fourth-order valence-corrected chi connectivity index (χ4v) is 1.13. The molecule has 0 saturated carbocycles. The Kier molecular flexibility index (Phi) is 3.37. The van der Waals surface area contributed by atoms with E-state index in [2.05, 4.69) is 0 Å². The first kappa shape index (κ1) is 10.1. The Bertz CT molecular complexity index is 293. The summed E-state index contributed by atoms with van der Waals surface area (Å²) in [6.45, 7) is 1.67. The van der Waals surface area contributed by atoms with E-state index in [9.17, 15) is 4.79 Å². The minimum atomic E-state index is -0.780. The molecular formula is C9H11ClO3. The Balaban J connectivity index is 2.39. The summed E-state index contributed by atoms with van der Waals surface area (Å²) in [5.41, 5.74) is 0. The van der Waals surface area contributed by atoms with E-state index in [1.165, 1.54) is 0 Å². The number of carboxylic acids is 1. The molecular weight excluding hydrogens is 192 g/mol. The highest BCUT2D eigenvalue weighted by molar-refractivity contribution is 6.28.